The Morgan fingerprint density at radius 1 is 1.40 bits per heavy atom. The van der Waals surface area contributed by atoms with Crippen molar-refractivity contribution < 1.29 is 9.18 Å². The maximum Gasteiger partial charge on any atom is 0.253 e. The molecule has 1 saturated carbocycles. The van der Waals surface area contributed by atoms with Crippen LogP contribution in [0.3, 0.4) is 0 Å². The van der Waals surface area contributed by atoms with Crippen molar-refractivity contribution in [2.24, 2.45) is 5.92 Å². The minimum absolute atomic E-state index is 0.0662. The fraction of sp³-hybridized carbons (Fsp3) is 0.562. The lowest BCUT2D eigenvalue weighted by molar-refractivity contribution is 0.0911. The van der Waals surface area contributed by atoms with Gasteiger partial charge in [-0.1, -0.05) is 32.3 Å². The Bertz CT molecular complexity index is 470. The third-order valence-electron chi connectivity index (χ3n) is 4.27. The topological polar surface area (TPSA) is 55.1 Å². The van der Waals surface area contributed by atoms with Gasteiger partial charge in [-0.3, -0.25) is 4.79 Å². The summed E-state index contributed by atoms with van der Waals surface area (Å²) in [6, 6.07) is 4.51. The van der Waals surface area contributed by atoms with Gasteiger partial charge in [0.05, 0.1) is 11.3 Å². The molecule has 1 aromatic rings. The van der Waals surface area contributed by atoms with E-state index >= 15 is 0 Å². The van der Waals surface area contributed by atoms with Crippen LogP contribution < -0.4 is 11.1 Å². The molecule has 1 amide bonds. The standard InChI is InChI=1S/C16H23FN2O/c1-2-14(11-7-4-3-5-8-11)19-16(20)12-9-6-10-13(17)15(12)18/h6,9-11,14H,2-5,7-8,18H2,1H3,(H,19,20). The predicted octanol–water partition coefficient (Wildman–Crippen LogP) is 3.50. The molecule has 1 fully saturated rings. The molecule has 0 bridgehead atoms. The van der Waals surface area contributed by atoms with Gasteiger partial charge < -0.3 is 11.1 Å². The first-order valence-corrected chi connectivity index (χ1v) is 7.48. The van der Waals surface area contributed by atoms with E-state index < -0.39 is 5.82 Å². The van der Waals surface area contributed by atoms with E-state index in [1.165, 1.54) is 31.4 Å². The molecule has 1 aliphatic carbocycles. The van der Waals surface area contributed by atoms with E-state index in [1.54, 1.807) is 6.07 Å². The highest BCUT2D eigenvalue weighted by atomic mass is 19.1. The number of para-hydroxylation sites is 1. The van der Waals surface area contributed by atoms with Crippen LogP contribution in [0.15, 0.2) is 18.2 Å². The van der Waals surface area contributed by atoms with Crippen molar-refractivity contribution in [2.75, 3.05) is 5.73 Å². The summed E-state index contributed by atoms with van der Waals surface area (Å²) in [5, 5.41) is 3.04. The number of rotatable bonds is 4. The molecule has 0 aromatic heterocycles. The molecule has 1 atom stereocenters. The number of nitrogen functional groups attached to an aromatic ring is 1. The Labute approximate surface area is 119 Å². The first-order valence-electron chi connectivity index (χ1n) is 7.48. The highest BCUT2D eigenvalue weighted by molar-refractivity contribution is 5.99. The lowest BCUT2D eigenvalue weighted by atomic mass is 9.83. The zero-order valence-corrected chi connectivity index (χ0v) is 12.0. The number of carbonyl (C=O) groups is 1. The summed E-state index contributed by atoms with van der Waals surface area (Å²) in [6.07, 6.45) is 6.98. The van der Waals surface area contributed by atoms with Gasteiger partial charge in [-0.2, -0.15) is 0 Å². The second kappa shape index (κ2) is 6.73. The molecule has 3 nitrogen and oxygen atoms in total. The third-order valence-corrected chi connectivity index (χ3v) is 4.27. The Morgan fingerprint density at radius 3 is 2.75 bits per heavy atom. The monoisotopic (exact) mass is 278 g/mol. The van der Waals surface area contributed by atoms with Crippen molar-refractivity contribution in [1.29, 1.82) is 0 Å². The molecule has 0 heterocycles. The van der Waals surface area contributed by atoms with Crippen LogP contribution >= 0.6 is 0 Å². The fourth-order valence-corrected chi connectivity index (χ4v) is 3.07. The molecule has 0 saturated heterocycles. The molecule has 4 heteroatoms. The Hall–Kier alpha value is -1.58. The maximum atomic E-state index is 13.4. The van der Waals surface area contributed by atoms with Crippen molar-refractivity contribution in [3.8, 4) is 0 Å². The van der Waals surface area contributed by atoms with E-state index in [0.717, 1.165) is 19.3 Å². The predicted molar refractivity (Wildman–Crippen MR) is 78.9 cm³/mol. The number of amides is 1. The fourth-order valence-electron chi connectivity index (χ4n) is 3.07. The molecular weight excluding hydrogens is 255 g/mol. The van der Waals surface area contributed by atoms with Gasteiger partial charge in [0.15, 0.2) is 0 Å². The number of anilines is 1. The van der Waals surface area contributed by atoms with Gasteiger partial charge in [0.25, 0.3) is 5.91 Å². The number of benzene rings is 1. The van der Waals surface area contributed by atoms with Crippen molar-refractivity contribution in [3.63, 3.8) is 0 Å². The molecule has 20 heavy (non-hydrogen) atoms. The van der Waals surface area contributed by atoms with Gasteiger partial charge in [-0.15, -0.1) is 0 Å². The second-order valence-corrected chi connectivity index (χ2v) is 5.59. The van der Waals surface area contributed by atoms with Crippen molar-refractivity contribution in [1.82, 2.24) is 5.32 Å². The smallest absolute Gasteiger partial charge is 0.253 e. The minimum Gasteiger partial charge on any atom is -0.396 e. The Balaban J connectivity index is 2.06. The van der Waals surface area contributed by atoms with Gasteiger partial charge >= 0.3 is 0 Å². The Kier molecular flexibility index (Phi) is 4.99. The second-order valence-electron chi connectivity index (χ2n) is 5.59. The van der Waals surface area contributed by atoms with Crippen LogP contribution in [0.1, 0.15) is 55.8 Å². The van der Waals surface area contributed by atoms with Crippen LogP contribution in [0, 0.1) is 11.7 Å². The lowest BCUT2D eigenvalue weighted by Gasteiger charge is -2.30. The lowest BCUT2D eigenvalue weighted by Crippen LogP contribution is -2.41. The van der Waals surface area contributed by atoms with Crippen LogP contribution in [-0.2, 0) is 0 Å². The number of hydrogen-bond acceptors (Lipinski definition) is 2. The zero-order chi connectivity index (χ0) is 14.5. The summed E-state index contributed by atoms with van der Waals surface area (Å²) in [7, 11) is 0. The van der Waals surface area contributed by atoms with Gasteiger partial charge in [0.2, 0.25) is 0 Å². The average Bonchev–Trinajstić information content (AvgIpc) is 2.48. The van der Waals surface area contributed by atoms with E-state index in [1.807, 2.05) is 0 Å². The van der Waals surface area contributed by atoms with Gasteiger partial charge in [-0.25, -0.2) is 4.39 Å². The molecule has 0 spiro atoms. The molecule has 2 rings (SSSR count). The van der Waals surface area contributed by atoms with Crippen molar-refractivity contribution in [2.45, 2.75) is 51.5 Å². The maximum absolute atomic E-state index is 13.4. The SMILES string of the molecule is CCC(NC(=O)c1cccc(F)c1N)C1CCCCC1. The molecule has 0 radical (unpaired) electrons. The Morgan fingerprint density at radius 2 is 2.10 bits per heavy atom. The van der Waals surface area contributed by atoms with Crippen LogP contribution in [0.5, 0.6) is 0 Å². The summed E-state index contributed by atoms with van der Waals surface area (Å²) >= 11 is 0. The van der Waals surface area contributed by atoms with Crippen molar-refractivity contribution in [3.05, 3.63) is 29.6 Å². The number of nitrogens with one attached hydrogen (secondary N) is 1. The van der Waals surface area contributed by atoms with E-state index in [0.29, 0.717) is 5.92 Å². The molecule has 110 valence electrons. The zero-order valence-electron chi connectivity index (χ0n) is 12.0. The van der Waals surface area contributed by atoms with Crippen LogP contribution in [0.2, 0.25) is 0 Å². The van der Waals surface area contributed by atoms with Crippen molar-refractivity contribution >= 4 is 11.6 Å². The van der Waals surface area contributed by atoms with Gasteiger partial charge in [0.1, 0.15) is 5.82 Å². The number of nitrogens with two attached hydrogens (primary N) is 1. The van der Waals surface area contributed by atoms with Crippen LogP contribution in [0.25, 0.3) is 0 Å². The largest absolute Gasteiger partial charge is 0.396 e. The van der Waals surface area contributed by atoms with E-state index in [-0.39, 0.29) is 23.2 Å². The number of hydrogen-bond donors (Lipinski definition) is 2. The molecular formula is C16H23FN2O. The normalized spacial score (nSPS) is 17.7. The quantitative estimate of drug-likeness (QED) is 0.828. The van der Waals surface area contributed by atoms with Gasteiger partial charge in [-0.05, 0) is 37.3 Å². The molecule has 0 aliphatic heterocycles. The molecule has 1 aliphatic rings. The van der Waals surface area contributed by atoms with Crippen LogP contribution in [-0.4, -0.2) is 11.9 Å². The highest BCUT2D eigenvalue weighted by Crippen LogP contribution is 2.28. The summed E-state index contributed by atoms with van der Waals surface area (Å²) in [4.78, 5) is 12.3. The summed E-state index contributed by atoms with van der Waals surface area (Å²) in [6.45, 7) is 2.08. The van der Waals surface area contributed by atoms with E-state index in [2.05, 4.69) is 12.2 Å². The number of carbonyl (C=O) groups excluding carboxylic acids is 1. The van der Waals surface area contributed by atoms with Gasteiger partial charge in [0, 0.05) is 6.04 Å². The first-order chi connectivity index (χ1) is 9.63. The first kappa shape index (κ1) is 14.8. The van der Waals surface area contributed by atoms with E-state index in [4.69, 9.17) is 5.73 Å². The summed E-state index contributed by atoms with van der Waals surface area (Å²) < 4.78 is 13.4. The van der Waals surface area contributed by atoms with Crippen LogP contribution in [0.4, 0.5) is 10.1 Å². The highest BCUT2D eigenvalue weighted by Gasteiger charge is 2.24. The molecule has 1 aromatic carbocycles. The number of halogens is 1. The summed E-state index contributed by atoms with van der Waals surface area (Å²) in [5.41, 5.74) is 5.81. The third kappa shape index (κ3) is 3.30. The van der Waals surface area contributed by atoms with E-state index in [9.17, 15) is 9.18 Å². The average molecular weight is 278 g/mol. The minimum atomic E-state index is -0.539. The molecule has 1 unspecified atom stereocenters. The summed E-state index contributed by atoms with van der Waals surface area (Å²) in [5.74, 6) is -0.268. The molecule has 3 N–H and O–H groups in total.